The van der Waals surface area contributed by atoms with Crippen molar-refractivity contribution < 1.29 is 9.50 Å². The van der Waals surface area contributed by atoms with Crippen molar-refractivity contribution in [3.8, 4) is 0 Å². The van der Waals surface area contributed by atoms with Crippen molar-refractivity contribution in [2.45, 2.75) is 26.2 Å². The molecule has 1 aromatic rings. The van der Waals surface area contributed by atoms with Gasteiger partial charge in [0.2, 0.25) is 0 Å². The Labute approximate surface area is 96.3 Å². The standard InChI is InChI=1S/C13H20FNO/c1-2-7-13(9-15,10-16)8-11-5-3-4-6-12(11)14/h3-6,16H,2,7-10,15H2,1H3. The number of aliphatic hydroxyl groups excluding tert-OH is 1. The Morgan fingerprint density at radius 3 is 2.56 bits per heavy atom. The molecular weight excluding hydrogens is 205 g/mol. The van der Waals surface area contributed by atoms with E-state index < -0.39 is 0 Å². The molecular formula is C13H20FNO. The fourth-order valence-corrected chi connectivity index (χ4v) is 2.04. The van der Waals surface area contributed by atoms with Crippen molar-refractivity contribution in [3.63, 3.8) is 0 Å². The molecule has 0 aromatic heterocycles. The lowest BCUT2D eigenvalue weighted by molar-refractivity contribution is 0.120. The fraction of sp³-hybridized carbons (Fsp3) is 0.538. The molecule has 1 atom stereocenters. The maximum absolute atomic E-state index is 13.5. The molecule has 1 unspecified atom stereocenters. The van der Waals surface area contributed by atoms with E-state index in [2.05, 4.69) is 0 Å². The van der Waals surface area contributed by atoms with Crippen LogP contribution in [0.3, 0.4) is 0 Å². The predicted molar refractivity (Wildman–Crippen MR) is 63.6 cm³/mol. The highest BCUT2D eigenvalue weighted by molar-refractivity contribution is 5.19. The molecule has 3 heteroatoms. The molecule has 0 saturated carbocycles. The molecule has 2 nitrogen and oxygen atoms in total. The number of aliphatic hydroxyl groups is 1. The van der Waals surface area contributed by atoms with Crippen LogP contribution in [0.4, 0.5) is 4.39 Å². The zero-order valence-electron chi connectivity index (χ0n) is 9.75. The van der Waals surface area contributed by atoms with Gasteiger partial charge in [-0.25, -0.2) is 4.39 Å². The highest BCUT2D eigenvalue weighted by atomic mass is 19.1. The summed E-state index contributed by atoms with van der Waals surface area (Å²) >= 11 is 0. The molecule has 0 fully saturated rings. The zero-order valence-corrected chi connectivity index (χ0v) is 9.75. The van der Waals surface area contributed by atoms with Crippen LogP contribution in [0.2, 0.25) is 0 Å². The highest BCUT2D eigenvalue weighted by Crippen LogP contribution is 2.28. The van der Waals surface area contributed by atoms with E-state index in [1.165, 1.54) is 6.07 Å². The first-order valence-electron chi connectivity index (χ1n) is 5.72. The van der Waals surface area contributed by atoms with Gasteiger partial charge < -0.3 is 10.8 Å². The largest absolute Gasteiger partial charge is 0.396 e. The third kappa shape index (κ3) is 3.03. The van der Waals surface area contributed by atoms with Gasteiger partial charge in [-0.3, -0.25) is 0 Å². The van der Waals surface area contributed by atoms with Crippen molar-refractivity contribution in [1.82, 2.24) is 0 Å². The van der Waals surface area contributed by atoms with Crippen molar-refractivity contribution >= 4 is 0 Å². The molecule has 0 bridgehead atoms. The summed E-state index contributed by atoms with van der Waals surface area (Å²) in [7, 11) is 0. The maximum atomic E-state index is 13.5. The van der Waals surface area contributed by atoms with Crippen LogP contribution >= 0.6 is 0 Å². The molecule has 0 spiro atoms. The Hall–Kier alpha value is -0.930. The van der Waals surface area contributed by atoms with Crippen LogP contribution in [0, 0.1) is 11.2 Å². The average Bonchev–Trinajstić information content (AvgIpc) is 2.31. The van der Waals surface area contributed by atoms with Crippen molar-refractivity contribution in [2.75, 3.05) is 13.2 Å². The quantitative estimate of drug-likeness (QED) is 0.779. The lowest BCUT2D eigenvalue weighted by Crippen LogP contribution is -2.36. The molecule has 1 aromatic carbocycles. The summed E-state index contributed by atoms with van der Waals surface area (Å²) in [6, 6.07) is 6.68. The predicted octanol–water partition coefficient (Wildman–Crippen LogP) is 2.11. The van der Waals surface area contributed by atoms with E-state index in [0.717, 1.165) is 12.8 Å². The summed E-state index contributed by atoms with van der Waals surface area (Å²) in [5.41, 5.74) is 5.98. The Morgan fingerprint density at radius 2 is 2.06 bits per heavy atom. The number of rotatable bonds is 6. The molecule has 1 rings (SSSR count). The minimum atomic E-state index is -0.378. The van der Waals surface area contributed by atoms with E-state index in [-0.39, 0.29) is 17.8 Å². The molecule has 3 N–H and O–H groups in total. The number of hydrogen-bond donors (Lipinski definition) is 2. The maximum Gasteiger partial charge on any atom is 0.126 e. The van der Waals surface area contributed by atoms with Gasteiger partial charge in [0.15, 0.2) is 0 Å². The van der Waals surface area contributed by atoms with Gasteiger partial charge >= 0.3 is 0 Å². The first-order valence-corrected chi connectivity index (χ1v) is 5.72. The van der Waals surface area contributed by atoms with E-state index in [1.54, 1.807) is 12.1 Å². The second-order valence-electron chi connectivity index (χ2n) is 4.38. The second kappa shape index (κ2) is 5.97. The first-order chi connectivity index (χ1) is 7.67. The first kappa shape index (κ1) is 13.1. The number of hydrogen-bond acceptors (Lipinski definition) is 2. The Morgan fingerprint density at radius 1 is 1.38 bits per heavy atom. The third-order valence-corrected chi connectivity index (χ3v) is 3.07. The molecule has 0 aliphatic carbocycles. The zero-order chi connectivity index (χ0) is 12.0. The topological polar surface area (TPSA) is 46.2 Å². The van der Waals surface area contributed by atoms with Crippen LogP contribution in [-0.4, -0.2) is 18.3 Å². The fourth-order valence-electron chi connectivity index (χ4n) is 2.04. The number of benzene rings is 1. The molecule has 0 heterocycles. The van der Waals surface area contributed by atoms with Gasteiger partial charge in [-0.15, -0.1) is 0 Å². The van der Waals surface area contributed by atoms with Gasteiger partial charge in [0.25, 0.3) is 0 Å². The van der Waals surface area contributed by atoms with Crippen LogP contribution in [-0.2, 0) is 6.42 Å². The molecule has 16 heavy (non-hydrogen) atoms. The normalized spacial score (nSPS) is 14.8. The average molecular weight is 225 g/mol. The number of nitrogens with two attached hydrogens (primary N) is 1. The van der Waals surface area contributed by atoms with Crippen molar-refractivity contribution in [1.29, 1.82) is 0 Å². The van der Waals surface area contributed by atoms with Crippen LogP contribution in [0.25, 0.3) is 0 Å². The summed E-state index contributed by atoms with van der Waals surface area (Å²) in [6.45, 7) is 2.43. The Bertz CT molecular complexity index is 323. The van der Waals surface area contributed by atoms with Crippen molar-refractivity contribution in [3.05, 3.63) is 35.6 Å². The van der Waals surface area contributed by atoms with Crippen LogP contribution in [0.1, 0.15) is 25.3 Å². The minimum absolute atomic E-state index is 0.00563. The highest BCUT2D eigenvalue weighted by Gasteiger charge is 2.28. The monoisotopic (exact) mass is 225 g/mol. The Kier molecular flexibility index (Phi) is 4.90. The second-order valence-corrected chi connectivity index (χ2v) is 4.38. The molecule has 0 aliphatic heterocycles. The van der Waals surface area contributed by atoms with Gasteiger partial charge in [0.1, 0.15) is 5.82 Å². The summed E-state index contributed by atoms with van der Waals surface area (Å²) in [6.07, 6.45) is 2.25. The van der Waals surface area contributed by atoms with Gasteiger partial charge in [0.05, 0.1) is 6.61 Å². The van der Waals surface area contributed by atoms with E-state index in [4.69, 9.17) is 5.73 Å². The van der Waals surface area contributed by atoms with Crippen LogP contribution < -0.4 is 5.73 Å². The van der Waals surface area contributed by atoms with Gasteiger partial charge in [-0.1, -0.05) is 31.5 Å². The van der Waals surface area contributed by atoms with Crippen molar-refractivity contribution in [2.24, 2.45) is 11.1 Å². The lowest BCUT2D eigenvalue weighted by Gasteiger charge is -2.30. The molecule has 0 radical (unpaired) electrons. The summed E-state index contributed by atoms with van der Waals surface area (Å²) in [4.78, 5) is 0. The van der Waals surface area contributed by atoms with Gasteiger partial charge in [-0.05, 0) is 24.5 Å². The Balaban J connectivity index is 2.87. The minimum Gasteiger partial charge on any atom is -0.396 e. The third-order valence-electron chi connectivity index (χ3n) is 3.07. The molecule has 90 valence electrons. The van der Waals surface area contributed by atoms with E-state index in [1.807, 2.05) is 13.0 Å². The van der Waals surface area contributed by atoms with E-state index in [0.29, 0.717) is 18.5 Å². The molecule has 0 saturated heterocycles. The van der Waals surface area contributed by atoms with Crippen LogP contribution in [0.5, 0.6) is 0 Å². The van der Waals surface area contributed by atoms with Crippen LogP contribution in [0.15, 0.2) is 24.3 Å². The summed E-state index contributed by atoms with van der Waals surface area (Å²) in [5, 5.41) is 9.46. The summed E-state index contributed by atoms with van der Waals surface area (Å²) < 4.78 is 13.5. The number of halogens is 1. The van der Waals surface area contributed by atoms with Gasteiger partial charge in [0, 0.05) is 12.0 Å². The molecule has 0 aliphatic rings. The molecule has 0 amide bonds. The van der Waals surface area contributed by atoms with Gasteiger partial charge in [-0.2, -0.15) is 0 Å². The smallest absolute Gasteiger partial charge is 0.126 e. The van der Waals surface area contributed by atoms with E-state index >= 15 is 0 Å². The SMILES string of the molecule is CCCC(CN)(CO)Cc1ccccc1F. The lowest BCUT2D eigenvalue weighted by atomic mass is 9.78. The summed E-state index contributed by atoms with van der Waals surface area (Å²) in [5.74, 6) is -0.218. The van der Waals surface area contributed by atoms with E-state index in [9.17, 15) is 9.50 Å².